The molecule has 0 bridgehead atoms. The van der Waals surface area contributed by atoms with Crippen molar-refractivity contribution >= 4 is 7.32 Å². The molecule has 0 fully saturated rings. The summed E-state index contributed by atoms with van der Waals surface area (Å²) in [5.74, 6) is 4.79. The summed E-state index contributed by atoms with van der Waals surface area (Å²) in [6.07, 6.45) is 0. The highest BCUT2D eigenvalue weighted by Crippen LogP contribution is 1.86. The number of hydrogen-bond donors (Lipinski definition) is 1. The van der Waals surface area contributed by atoms with Crippen LogP contribution in [-0.2, 0) is 14.1 Å². The van der Waals surface area contributed by atoms with Crippen molar-refractivity contribution < 1.29 is 14.1 Å². The molecule has 54 valence electrons. The number of rotatable bonds is 5. The molecule has 0 aromatic carbocycles. The lowest BCUT2D eigenvalue weighted by molar-refractivity contribution is 0.103. The quantitative estimate of drug-likeness (QED) is 0.421. The Bertz CT molecular complexity index is 57.8. The normalized spacial score (nSPS) is 9.67. The summed E-state index contributed by atoms with van der Waals surface area (Å²) >= 11 is 0. The average molecular weight is 133 g/mol. The maximum atomic E-state index is 4.86. The largest absolute Gasteiger partial charge is 0.656 e. The fourth-order valence-corrected chi connectivity index (χ4v) is 0.399. The minimum Gasteiger partial charge on any atom is -0.385 e. The SMILES string of the molecule is CCOB(ON)OCC. The lowest BCUT2D eigenvalue weighted by Crippen LogP contribution is -2.30. The van der Waals surface area contributed by atoms with Gasteiger partial charge in [-0.3, -0.25) is 0 Å². The molecular formula is C4H12BNO3. The third kappa shape index (κ3) is 4.41. The molecule has 0 amide bonds. The Kier molecular flexibility index (Phi) is 5.97. The van der Waals surface area contributed by atoms with Crippen LogP contribution in [-0.4, -0.2) is 20.5 Å². The second kappa shape index (κ2) is 6.03. The highest BCUT2D eigenvalue weighted by atomic mass is 16.8. The molecule has 0 spiro atoms. The predicted molar refractivity (Wildman–Crippen MR) is 34.3 cm³/mol. The van der Waals surface area contributed by atoms with Crippen LogP contribution in [0.2, 0.25) is 0 Å². The molecule has 5 heteroatoms. The third-order valence-electron chi connectivity index (χ3n) is 0.717. The van der Waals surface area contributed by atoms with E-state index in [4.69, 9.17) is 15.2 Å². The van der Waals surface area contributed by atoms with Gasteiger partial charge in [0.2, 0.25) is 0 Å². The van der Waals surface area contributed by atoms with Crippen LogP contribution in [0, 0.1) is 0 Å². The summed E-state index contributed by atoms with van der Waals surface area (Å²) in [4.78, 5) is 0. The van der Waals surface area contributed by atoms with Gasteiger partial charge in [0.1, 0.15) is 0 Å². The zero-order chi connectivity index (χ0) is 7.11. The van der Waals surface area contributed by atoms with E-state index >= 15 is 0 Å². The van der Waals surface area contributed by atoms with Crippen molar-refractivity contribution in [2.24, 2.45) is 5.90 Å². The van der Waals surface area contributed by atoms with Gasteiger partial charge < -0.3 is 14.1 Å². The summed E-state index contributed by atoms with van der Waals surface area (Å²) in [5.41, 5.74) is 0. The molecule has 9 heavy (non-hydrogen) atoms. The molecular weight excluding hydrogens is 121 g/mol. The molecule has 0 rings (SSSR count). The first kappa shape index (κ1) is 8.90. The van der Waals surface area contributed by atoms with Crippen LogP contribution in [0.15, 0.2) is 0 Å². The van der Waals surface area contributed by atoms with E-state index in [0.29, 0.717) is 13.2 Å². The van der Waals surface area contributed by atoms with E-state index in [0.717, 1.165) is 0 Å². The van der Waals surface area contributed by atoms with E-state index in [2.05, 4.69) is 4.76 Å². The van der Waals surface area contributed by atoms with Crippen LogP contribution in [0.4, 0.5) is 0 Å². The van der Waals surface area contributed by atoms with Crippen molar-refractivity contribution in [3.05, 3.63) is 0 Å². The van der Waals surface area contributed by atoms with Crippen molar-refractivity contribution in [3.8, 4) is 0 Å². The maximum absolute atomic E-state index is 4.86. The maximum Gasteiger partial charge on any atom is 0.656 e. The van der Waals surface area contributed by atoms with Gasteiger partial charge in [0.05, 0.1) is 0 Å². The van der Waals surface area contributed by atoms with Crippen molar-refractivity contribution in [1.82, 2.24) is 0 Å². The van der Waals surface area contributed by atoms with Gasteiger partial charge in [-0.15, -0.1) is 0 Å². The molecule has 0 heterocycles. The Morgan fingerprint density at radius 2 is 1.67 bits per heavy atom. The van der Waals surface area contributed by atoms with Crippen LogP contribution in [0.3, 0.4) is 0 Å². The Hall–Kier alpha value is -0.0951. The molecule has 0 atom stereocenters. The first-order valence-electron chi connectivity index (χ1n) is 2.93. The van der Waals surface area contributed by atoms with Crippen molar-refractivity contribution in [2.45, 2.75) is 13.8 Å². The first-order chi connectivity index (χ1) is 4.35. The van der Waals surface area contributed by atoms with E-state index < -0.39 is 7.32 Å². The summed E-state index contributed by atoms with van der Waals surface area (Å²) in [7, 11) is -0.708. The van der Waals surface area contributed by atoms with Crippen LogP contribution >= 0.6 is 0 Å². The molecule has 0 aliphatic heterocycles. The summed E-state index contributed by atoms with van der Waals surface area (Å²) in [6, 6.07) is 0. The van der Waals surface area contributed by atoms with Crippen molar-refractivity contribution in [1.29, 1.82) is 0 Å². The average Bonchev–Trinajstić information content (AvgIpc) is 1.88. The molecule has 0 aliphatic rings. The van der Waals surface area contributed by atoms with Crippen molar-refractivity contribution in [3.63, 3.8) is 0 Å². The van der Waals surface area contributed by atoms with Crippen molar-refractivity contribution in [2.75, 3.05) is 13.2 Å². The highest BCUT2D eigenvalue weighted by molar-refractivity contribution is 6.36. The molecule has 4 nitrogen and oxygen atoms in total. The molecule has 2 N–H and O–H groups in total. The minimum absolute atomic E-state index is 0.530. The molecule has 0 unspecified atom stereocenters. The van der Waals surface area contributed by atoms with Crippen LogP contribution in [0.1, 0.15) is 13.8 Å². The van der Waals surface area contributed by atoms with Gasteiger partial charge in [0.25, 0.3) is 0 Å². The van der Waals surface area contributed by atoms with Gasteiger partial charge in [0.15, 0.2) is 0 Å². The molecule has 0 aromatic heterocycles. The van der Waals surface area contributed by atoms with E-state index in [1.165, 1.54) is 0 Å². The number of nitrogens with two attached hydrogens (primary N) is 1. The van der Waals surface area contributed by atoms with E-state index in [1.807, 2.05) is 13.8 Å². The molecule has 0 aliphatic carbocycles. The molecule has 0 aromatic rings. The minimum atomic E-state index is -0.708. The summed E-state index contributed by atoms with van der Waals surface area (Å²) < 4.78 is 14.0. The van der Waals surface area contributed by atoms with Gasteiger partial charge in [-0.2, -0.15) is 0 Å². The zero-order valence-electron chi connectivity index (χ0n) is 5.79. The topological polar surface area (TPSA) is 53.7 Å². The Morgan fingerprint density at radius 1 is 1.22 bits per heavy atom. The van der Waals surface area contributed by atoms with E-state index in [9.17, 15) is 0 Å². The first-order valence-corrected chi connectivity index (χ1v) is 2.93. The summed E-state index contributed by atoms with van der Waals surface area (Å²) in [6.45, 7) is 4.74. The smallest absolute Gasteiger partial charge is 0.385 e. The van der Waals surface area contributed by atoms with E-state index in [-0.39, 0.29) is 0 Å². The second-order valence-electron chi connectivity index (χ2n) is 1.34. The fourth-order valence-electron chi connectivity index (χ4n) is 0.399. The van der Waals surface area contributed by atoms with E-state index in [1.54, 1.807) is 0 Å². The fraction of sp³-hybridized carbons (Fsp3) is 1.00. The van der Waals surface area contributed by atoms with Gasteiger partial charge in [0, 0.05) is 13.2 Å². The Morgan fingerprint density at radius 3 is 1.89 bits per heavy atom. The second-order valence-corrected chi connectivity index (χ2v) is 1.34. The third-order valence-corrected chi connectivity index (χ3v) is 0.717. The molecule has 0 saturated carbocycles. The monoisotopic (exact) mass is 133 g/mol. The molecule has 0 saturated heterocycles. The molecule has 0 radical (unpaired) electrons. The summed E-state index contributed by atoms with van der Waals surface area (Å²) in [5, 5.41) is 0. The Labute approximate surface area is 55.4 Å². The van der Waals surface area contributed by atoms with Gasteiger partial charge in [-0.1, -0.05) is 0 Å². The highest BCUT2D eigenvalue weighted by Gasteiger charge is 2.17. The van der Waals surface area contributed by atoms with Crippen LogP contribution < -0.4 is 5.90 Å². The lowest BCUT2D eigenvalue weighted by Gasteiger charge is -2.06. The van der Waals surface area contributed by atoms with Crippen LogP contribution in [0.25, 0.3) is 0 Å². The van der Waals surface area contributed by atoms with Gasteiger partial charge in [-0.25, -0.2) is 5.90 Å². The van der Waals surface area contributed by atoms with Gasteiger partial charge >= 0.3 is 7.32 Å². The van der Waals surface area contributed by atoms with Gasteiger partial charge in [-0.05, 0) is 13.8 Å². The zero-order valence-corrected chi connectivity index (χ0v) is 5.79. The number of hydrogen-bond acceptors (Lipinski definition) is 4. The lowest BCUT2D eigenvalue weighted by atomic mass is 10.2. The Balaban J connectivity index is 3.18. The predicted octanol–water partition coefficient (Wildman–Crippen LogP) is -0.0654. The van der Waals surface area contributed by atoms with Crippen LogP contribution in [0.5, 0.6) is 0 Å². The standard InChI is InChI=1S/C4H12BNO3/c1-3-7-5(9-6)8-4-2/h3-4,6H2,1-2H3.